The molecule has 2 heterocycles. The number of nitrogens with one attached hydrogen (secondary N) is 1. The summed E-state index contributed by atoms with van der Waals surface area (Å²) in [6.07, 6.45) is 9.42. The van der Waals surface area contributed by atoms with Crippen LogP contribution in [0.1, 0.15) is 50.6 Å². The Morgan fingerprint density at radius 1 is 1.14 bits per heavy atom. The molecule has 7 nitrogen and oxygen atoms in total. The van der Waals surface area contributed by atoms with Crippen LogP contribution in [0.2, 0.25) is 0 Å². The fraction of sp³-hybridized carbons (Fsp3) is 0.545. The quantitative estimate of drug-likeness (QED) is 0.616. The molecule has 0 spiro atoms. The minimum atomic E-state index is -0.470. The van der Waals surface area contributed by atoms with Crippen LogP contribution in [0.25, 0.3) is 0 Å². The van der Waals surface area contributed by atoms with Crippen molar-refractivity contribution in [3.8, 4) is 0 Å². The van der Waals surface area contributed by atoms with Gasteiger partial charge in [-0.05, 0) is 58.7 Å². The SMILES string of the molecule is Cc1cccnc1CN(CCCCNC(=O)OC(C)(C)C)CCc1cnccn1. The average molecular weight is 400 g/mol. The third kappa shape index (κ3) is 9.47. The van der Waals surface area contributed by atoms with Gasteiger partial charge in [0.25, 0.3) is 0 Å². The molecule has 0 aliphatic rings. The summed E-state index contributed by atoms with van der Waals surface area (Å²) in [5.41, 5.74) is 2.81. The van der Waals surface area contributed by atoms with E-state index in [4.69, 9.17) is 4.74 Å². The zero-order valence-corrected chi connectivity index (χ0v) is 18.0. The molecule has 2 aromatic heterocycles. The second-order valence-corrected chi connectivity index (χ2v) is 8.13. The Hall–Kier alpha value is -2.54. The van der Waals surface area contributed by atoms with Crippen molar-refractivity contribution < 1.29 is 9.53 Å². The maximum absolute atomic E-state index is 11.7. The van der Waals surface area contributed by atoms with Crippen LogP contribution in [-0.2, 0) is 17.7 Å². The molecular weight excluding hydrogens is 366 g/mol. The lowest BCUT2D eigenvalue weighted by atomic mass is 10.2. The summed E-state index contributed by atoms with van der Waals surface area (Å²) in [7, 11) is 0. The van der Waals surface area contributed by atoms with E-state index < -0.39 is 5.60 Å². The second kappa shape index (κ2) is 11.5. The maximum Gasteiger partial charge on any atom is 0.407 e. The molecule has 0 fully saturated rings. The number of hydrogen-bond acceptors (Lipinski definition) is 6. The minimum absolute atomic E-state index is 0.360. The van der Waals surface area contributed by atoms with Gasteiger partial charge in [-0.1, -0.05) is 6.07 Å². The second-order valence-electron chi connectivity index (χ2n) is 8.13. The zero-order valence-electron chi connectivity index (χ0n) is 18.0. The first-order valence-corrected chi connectivity index (χ1v) is 10.2. The topological polar surface area (TPSA) is 80.2 Å². The van der Waals surface area contributed by atoms with Gasteiger partial charge >= 0.3 is 6.09 Å². The minimum Gasteiger partial charge on any atom is -0.444 e. The molecule has 0 aliphatic heterocycles. The van der Waals surface area contributed by atoms with Crippen molar-refractivity contribution in [2.24, 2.45) is 0 Å². The molecule has 0 aromatic carbocycles. The van der Waals surface area contributed by atoms with Gasteiger partial charge < -0.3 is 10.1 Å². The van der Waals surface area contributed by atoms with Crippen LogP contribution < -0.4 is 5.32 Å². The predicted octanol–water partition coefficient (Wildman–Crippen LogP) is 3.53. The number of carbonyl (C=O) groups excluding carboxylic acids is 1. The van der Waals surface area contributed by atoms with Crippen molar-refractivity contribution >= 4 is 6.09 Å². The van der Waals surface area contributed by atoms with Gasteiger partial charge in [-0.15, -0.1) is 0 Å². The van der Waals surface area contributed by atoms with Crippen LogP contribution in [-0.4, -0.2) is 51.2 Å². The number of pyridine rings is 1. The van der Waals surface area contributed by atoms with Crippen LogP contribution in [0, 0.1) is 6.92 Å². The molecule has 0 bridgehead atoms. The Kier molecular flexibility index (Phi) is 8.99. The summed E-state index contributed by atoms with van der Waals surface area (Å²) >= 11 is 0. The highest BCUT2D eigenvalue weighted by molar-refractivity contribution is 5.67. The number of nitrogens with zero attached hydrogens (tertiary/aromatic N) is 4. The summed E-state index contributed by atoms with van der Waals surface area (Å²) in [5.74, 6) is 0. The van der Waals surface area contributed by atoms with Gasteiger partial charge in [0, 0.05) is 50.8 Å². The van der Waals surface area contributed by atoms with Gasteiger partial charge in [-0.3, -0.25) is 19.9 Å². The van der Waals surface area contributed by atoms with Crippen molar-refractivity contribution in [3.63, 3.8) is 0 Å². The van der Waals surface area contributed by atoms with Crippen LogP contribution >= 0.6 is 0 Å². The van der Waals surface area contributed by atoms with Crippen molar-refractivity contribution in [2.45, 2.75) is 59.1 Å². The normalized spacial score (nSPS) is 11.5. The Morgan fingerprint density at radius 2 is 1.97 bits per heavy atom. The molecule has 0 saturated heterocycles. The number of amides is 1. The number of unbranched alkanes of at least 4 members (excludes halogenated alkanes) is 1. The van der Waals surface area contributed by atoms with Crippen LogP contribution in [0.5, 0.6) is 0 Å². The molecular formula is C22H33N5O2. The Bertz CT molecular complexity index is 746. The fourth-order valence-electron chi connectivity index (χ4n) is 2.86. The summed E-state index contributed by atoms with van der Waals surface area (Å²) < 4.78 is 5.26. The largest absolute Gasteiger partial charge is 0.444 e. The first-order chi connectivity index (χ1) is 13.8. The zero-order chi connectivity index (χ0) is 21.1. The Labute approximate surface area is 173 Å². The number of alkyl carbamates (subject to hydrolysis) is 1. The maximum atomic E-state index is 11.7. The monoisotopic (exact) mass is 399 g/mol. The molecule has 0 saturated carbocycles. The number of rotatable bonds is 10. The Morgan fingerprint density at radius 3 is 2.66 bits per heavy atom. The van der Waals surface area contributed by atoms with E-state index in [1.165, 1.54) is 5.56 Å². The predicted molar refractivity (Wildman–Crippen MR) is 113 cm³/mol. The van der Waals surface area contributed by atoms with Crippen molar-refractivity contribution in [1.82, 2.24) is 25.2 Å². The fourth-order valence-corrected chi connectivity index (χ4v) is 2.86. The first kappa shape index (κ1) is 22.7. The molecule has 158 valence electrons. The third-order valence-electron chi connectivity index (χ3n) is 4.36. The van der Waals surface area contributed by atoms with E-state index in [0.29, 0.717) is 6.54 Å². The summed E-state index contributed by atoms with van der Waals surface area (Å²) in [6.45, 7) is 10.9. The lowest BCUT2D eigenvalue weighted by Crippen LogP contribution is -2.33. The van der Waals surface area contributed by atoms with E-state index in [0.717, 1.165) is 50.3 Å². The van der Waals surface area contributed by atoms with Gasteiger partial charge in [-0.2, -0.15) is 0 Å². The smallest absolute Gasteiger partial charge is 0.407 e. The summed E-state index contributed by atoms with van der Waals surface area (Å²) in [4.78, 5) is 27.2. The average Bonchev–Trinajstić information content (AvgIpc) is 2.66. The van der Waals surface area contributed by atoms with E-state index >= 15 is 0 Å². The molecule has 29 heavy (non-hydrogen) atoms. The Balaban J connectivity index is 1.81. The van der Waals surface area contributed by atoms with E-state index in [1.54, 1.807) is 12.4 Å². The van der Waals surface area contributed by atoms with Crippen LogP contribution in [0.15, 0.2) is 36.9 Å². The highest BCUT2D eigenvalue weighted by atomic mass is 16.6. The standard InChI is InChI=1S/C22H33N5O2/c1-18-8-7-11-25-20(18)17-27(15-9-19-16-23-12-13-24-19)14-6-5-10-26-21(28)29-22(2,3)4/h7-8,11-13,16H,5-6,9-10,14-15,17H2,1-4H3,(H,26,28). The lowest BCUT2D eigenvalue weighted by molar-refractivity contribution is 0.0526. The van der Waals surface area contributed by atoms with Gasteiger partial charge in [-0.25, -0.2) is 4.79 Å². The molecule has 0 radical (unpaired) electrons. The highest BCUT2D eigenvalue weighted by Crippen LogP contribution is 2.10. The molecule has 0 atom stereocenters. The number of aromatic nitrogens is 3. The molecule has 1 amide bonds. The number of aryl methyl sites for hydroxylation is 1. The van der Waals surface area contributed by atoms with E-state index in [9.17, 15) is 4.79 Å². The van der Waals surface area contributed by atoms with Crippen molar-refractivity contribution in [3.05, 3.63) is 53.9 Å². The van der Waals surface area contributed by atoms with E-state index in [1.807, 2.05) is 39.2 Å². The van der Waals surface area contributed by atoms with Crippen LogP contribution in [0.3, 0.4) is 0 Å². The van der Waals surface area contributed by atoms with E-state index in [2.05, 4.69) is 38.2 Å². The molecule has 2 rings (SSSR count). The van der Waals surface area contributed by atoms with Gasteiger partial charge in [0.2, 0.25) is 0 Å². The summed E-state index contributed by atoms with van der Waals surface area (Å²) in [5, 5.41) is 2.82. The van der Waals surface area contributed by atoms with Gasteiger partial charge in [0.1, 0.15) is 5.60 Å². The van der Waals surface area contributed by atoms with E-state index in [-0.39, 0.29) is 6.09 Å². The molecule has 7 heteroatoms. The van der Waals surface area contributed by atoms with Crippen molar-refractivity contribution in [2.75, 3.05) is 19.6 Å². The van der Waals surface area contributed by atoms with Crippen LogP contribution in [0.4, 0.5) is 4.79 Å². The number of ether oxygens (including phenoxy) is 1. The molecule has 1 N–H and O–H groups in total. The summed E-state index contributed by atoms with van der Waals surface area (Å²) in [6, 6.07) is 4.05. The molecule has 0 unspecified atom stereocenters. The highest BCUT2D eigenvalue weighted by Gasteiger charge is 2.15. The third-order valence-corrected chi connectivity index (χ3v) is 4.36. The molecule has 2 aromatic rings. The first-order valence-electron chi connectivity index (χ1n) is 10.2. The molecule has 0 aliphatic carbocycles. The lowest BCUT2D eigenvalue weighted by Gasteiger charge is -2.23. The van der Waals surface area contributed by atoms with Crippen molar-refractivity contribution in [1.29, 1.82) is 0 Å². The number of hydrogen-bond donors (Lipinski definition) is 1. The van der Waals surface area contributed by atoms with Gasteiger partial charge in [0.05, 0.1) is 11.4 Å². The van der Waals surface area contributed by atoms with Gasteiger partial charge in [0.15, 0.2) is 0 Å². The number of carbonyl (C=O) groups is 1.